The van der Waals surface area contributed by atoms with Crippen molar-refractivity contribution in [2.24, 2.45) is 20.6 Å². The molecule has 0 unspecified atom stereocenters. The van der Waals surface area contributed by atoms with E-state index in [0.29, 0.717) is 64.0 Å². The standard InChI is InChI=1S/C22H27N3O6S.C20H23N3O5S.C19H20ClN3O5S.C19H20FN3O5S/c1-21(2,27)19-10-9-16(13-23-19)14-5-7-15(8-6-14)18-11-17(31-25-18)12-22(3,20(26)24-28)32(4,29)30;1-13-12-21-9-8-17(13)14-4-6-15(7-5-14)18-10-16(28-23-18)11-20(2,19(24)22-25)29(3,26)27;1-19(18(24)22-25,29(2,26)27)10-14-9-17(23-28-14)13-5-3-12(4-6-13)15-7-8-21-11-16(15)20;1-19(18(24)22-25,29(2,26)27)10-14-9-17(23-28-14)13-5-3-12(4-6-13)15-11-21-8-7-16(15)20/h5-10,13,17,27-28H,11-12H2,1-4H3,(H,24,26);4-9,12,16,25H,10-11H2,1-3H3,(H,22,24);2*3-8,11,14,25H,9-10H2,1-2H3,(H,22,24)/t17-,22-;16-,20-;2*14-,19-/m1111/s1. The molecule has 8 aromatic rings. The van der Waals surface area contributed by atoms with Crippen molar-refractivity contribution < 1.29 is 103 Å². The number of nitrogens with zero attached hydrogens (tertiary/aromatic N) is 8. The summed E-state index contributed by atoms with van der Waals surface area (Å²) in [6.07, 6.45) is 13.3. The first-order valence-corrected chi connectivity index (χ1v) is 44.4. The van der Waals surface area contributed by atoms with Gasteiger partial charge in [-0.3, -0.25) is 59.9 Å². The van der Waals surface area contributed by atoms with Gasteiger partial charge >= 0.3 is 0 Å². The van der Waals surface area contributed by atoms with E-state index in [-0.39, 0.29) is 37.9 Å². The lowest BCUT2D eigenvalue weighted by Crippen LogP contribution is -2.51. The molecule has 119 heavy (non-hydrogen) atoms. The van der Waals surface area contributed by atoms with Crippen LogP contribution in [0, 0.1) is 12.7 Å². The Bertz CT molecular complexity index is 5270. The molecule has 4 aromatic carbocycles. The van der Waals surface area contributed by atoms with Crippen LogP contribution in [0.3, 0.4) is 0 Å². The van der Waals surface area contributed by atoms with Gasteiger partial charge in [0.05, 0.1) is 33.6 Å². The minimum absolute atomic E-state index is 0.125. The number of benzene rings is 4. The highest BCUT2D eigenvalue weighted by Crippen LogP contribution is 2.37. The summed E-state index contributed by atoms with van der Waals surface area (Å²) in [4.78, 5) is 85.7. The minimum atomic E-state index is -3.83. The Morgan fingerprint density at radius 2 is 0.672 bits per heavy atom. The van der Waals surface area contributed by atoms with Crippen LogP contribution in [0.1, 0.15) is 126 Å². The number of pyridine rings is 4. The lowest BCUT2D eigenvalue weighted by molar-refractivity contribution is -0.133. The molecule has 33 nitrogen and oxygen atoms in total. The maximum absolute atomic E-state index is 13.9. The molecule has 4 aliphatic rings. The molecule has 0 saturated heterocycles. The average Bonchev–Trinajstić information content (AvgIpc) is 1.78. The van der Waals surface area contributed by atoms with Crippen LogP contribution in [-0.4, -0.2) is 194 Å². The third kappa shape index (κ3) is 21.6. The summed E-state index contributed by atoms with van der Waals surface area (Å²) in [5.41, 5.74) is 18.9. The molecule has 0 spiro atoms. The summed E-state index contributed by atoms with van der Waals surface area (Å²) in [7, 11) is -15.2. The van der Waals surface area contributed by atoms with E-state index in [1.54, 1.807) is 69.0 Å². The van der Waals surface area contributed by atoms with E-state index >= 15 is 0 Å². The van der Waals surface area contributed by atoms with Gasteiger partial charge in [-0.15, -0.1) is 0 Å². The van der Waals surface area contributed by atoms with E-state index in [1.165, 1.54) is 68.1 Å². The van der Waals surface area contributed by atoms with Crippen LogP contribution in [0.4, 0.5) is 4.39 Å². The molecule has 8 atom stereocenters. The molecule has 634 valence electrons. The highest BCUT2D eigenvalue weighted by molar-refractivity contribution is 7.93. The van der Waals surface area contributed by atoms with Crippen molar-refractivity contribution >= 4 is 97.4 Å². The van der Waals surface area contributed by atoms with Crippen molar-refractivity contribution in [3.63, 3.8) is 0 Å². The van der Waals surface area contributed by atoms with Crippen LogP contribution in [0.5, 0.6) is 0 Å². The highest BCUT2D eigenvalue weighted by atomic mass is 35.5. The number of amides is 4. The Labute approximate surface area is 691 Å². The number of hydroxylamine groups is 4. The highest BCUT2D eigenvalue weighted by Gasteiger charge is 2.51. The Morgan fingerprint density at radius 1 is 0.395 bits per heavy atom. The maximum atomic E-state index is 13.9. The number of aromatic nitrogens is 4. The third-order valence-corrected chi connectivity index (χ3v) is 29.3. The lowest BCUT2D eigenvalue weighted by Gasteiger charge is -2.26. The first-order valence-electron chi connectivity index (χ1n) is 36.5. The van der Waals surface area contributed by atoms with Crippen LogP contribution in [0.15, 0.2) is 191 Å². The second-order valence-corrected chi connectivity index (χ2v) is 40.4. The van der Waals surface area contributed by atoms with E-state index in [4.69, 9.17) is 51.8 Å². The van der Waals surface area contributed by atoms with E-state index in [0.717, 1.165) is 86.2 Å². The van der Waals surface area contributed by atoms with Crippen LogP contribution in [0.2, 0.25) is 5.02 Å². The smallest absolute Gasteiger partial charge is 0.264 e. The first-order chi connectivity index (χ1) is 55.8. The summed E-state index contributed by atoms with van der Waals surface area (Å²) in [5, 5.41) is 62.5. The molecule has 0 bridgehead atoms. The van der Waals surface area contributed by atoms with Crippen LogP contribution >= 0.6 is 11.6 Å². The molecule has 4 aliphatic heterocycles. The number of carbonyl (C=O) groups excluding carboxylic acids is 4. The minimum Gasteiger partial charge on any atom is -0.392 e. The summed E-state index contributed by atoms with van der Waals surface area (Å²) >= 11 is 6.17. The van der Waals surface area contributed by atoms with E-state index in [1.807, 2.05) is 104 Å². The number of hydrogen-bond acceptors (Lipinski definition) is 29. The van der Waals surface area contributed by atoms with Gasteiger partial charge in [-0.25, -0.2) is 60.0 Å². The van der Waals surface area contributed by atoms with Crippen molar-refractivity contribution in [1.29, 1.82) is 0 Å². The number of carbonyl (C=O) groups is 4. The van der Waals surface area contributed by atoms with Gasteiger partial charge in [0.2, 0.25) is 0 Å². The number of aryl methyl sites for hydroxylation is 1. The van der Waals surface area contributed by atoms with Crippen LogP contribution in [0.25, 0.3) is 44.5 Å². The zero-order valence-electron chi connectivity index (χ0n) is 66.4. The maximum Gasteiger partial charge on any atom is 0.264 e. The van der Waals surface area contributed by atoms with Gasteiger partial charge < -0.3 is 24.5 Å². The van der Waals surface area contributed by atoms with Crippen LogP contribution < -0.4 is 21.9 Å². The number of oxime groups is 4. The number of halogens is 2. The SMILES string of the molecule is CC(C)(O)c1ccc(-c2ccc(C3=NO[C@@H](C[C@](C)(C(=O)NO)S(C)(=O)=O)C3)cc2)cn1.C[C@@](C[C@H]1CC(c2ccc(-c3ccncc3Cl)cc2)=NO1)(C(=O)NO)S(C)(=O)=O.C[C@@](C[C@H]1CC(c2ccc(-c3cnccc3F)cc2)=NO1)(C(=O)NO)S(C)(=O)=O.Cc1cnccc1-c1ccc(C2=NO[C@@H](C[C@](C)(C(=O)NO)S(C)(=O)=O)C2)cc1. The fraction of sp³-hybridized carbons (Fsp3) is 0.350. The Morgan fingerprint density at radius 3 is 0.958 bits per heavy atom. The number of aliphatic hydroxyl groups is 1. The van der Waals surface area contributed by atoms with Gasteiger partial charge in [0.25, 0.3) is 23.6 Å². The normalized spacial score (nSPS) is 18.5. The molecule has 12 rings (SSSR count). The number of nitrogens with one attached hydrogen (secondary N) is 4. The van der Waals surface area contributed by atoms with Crippen LogP contribution in [-0.2, 0) is 83.5 Å². The van der Waals surface area contributed by atoms with E-state index in [9.17, 15) is 62.3 Å². The fourth-order valence-corrected chi connectivity index (χ4v) is 16.7. The molecule has 0 aliphatic carbocycles. The van der Waals surface area contributed by atoms with Gasteiger partial charge in [0.1, 0.15) is 35.8 Å². The monoisotopic (exact) mass is 1740 g/mol. The molecular formula is C80H90ClFN12O21S4. The fourth-order valence-electron chi connectivity index (χ4n) is 13.0. The quantitative estimate of drug-likeness (QED) is 0.0190. The summed E-state index contributed by atoms with van der Waals surface area (Å²) < 4.78 is 104. The van der Waals surface area contributed by atoms with E-state index in [2.05, 4.69) is 40.6 Å². The first kappa shape index (κ1) is 92.0. The summed E-state index contributed by atoms with van der Waals surface area (Å²) in [6.45, 7) is 10.3. The van der Waals surface area contributed by atoms with Gasteiger partial charge in [0.15, 0.2) is 58.3 Å². The number of sulfone groups is 4. The summed E-state index contributed by atoms with van der Waals surface area (Å²) in [6, 6.07) is 38.6. The number of hydrogen-bond donors (Lipinski definition) is 9. The predicted molar refractivity (Wildman–Crippen MR) is 439 cm³/mol. The zero-order chi connectivity index (χ0) is 87.4. The largest absolute Gasteiger partial charge is 0.392 e. The van der Waals surface area contributed by atoms with E-state index < -0.39 is 112 Å². The third-order valence-electron chi connectivity index (χ3n) is 21.1. The Balaban J connectivity index is 0.000000181. The zero-order valence-corrected chi connectivity index (χ0v) is 70.4. The van der Waals surface area contributed by atoms with Gasteiger partial charge in [-0.05, 0) is 128 Å². The molecule has 39 heteroatoms. The molecule has 9 N–H and O–H groups in total. The Hall–Kier alpha value is -10.9. The van der Waals surface area contributed by atoms with Crippen molar-refractivity contribution in [3.05, 3.63) is 215 Å². The molecule has 8 heterocycles. The van der Waals surface area contributed by atoms with Gasteiger partial charge in [-0.2, -0.15) is 0 Å². The van der Waals surface area contributed by atoms with Crippen molar-refractivity contribution in [3.8, 4) is 44.5 Å². The lowest BCUT2D eigenvalue weighted by atomic mass is 9.95. The van der Waals surface area contributed by atoms with Crippen molar-refractivity contribution in [1.82, 2.24) is 41.9 Å². The number of rotatable bonds is 25. The molecule has 0 radical (unpaired) electrons. The molecule has 0 saturated carbocycles. The molecule has 4 amide bonds. The average molecular weight is 1740 g/mol. The summed E-state index contributed by atoms with van der Waals surface area (Å²) in [5.74, 6) is -4.41. The second kappa shape index (κ2) is 37.6. The Kier molecular flexibility index (Phi) is 29.0. The van der Waals surface area contributed by atoms with Gasteiger partial charge in [0, 0.05) is 136 Å². The molecule has 4 aromatic heterocycles. The van der Waals surface area contributed by atoms with Gasteiger partial charge in [-0.1, -0.05) is 135 Å². The molecular weight excluding hydrogens is 1650 g/mol. The van der Waals surface area contributed by atoms with Crippen molar-refractivity contribution in [2.45, 2.75) is 149 Å². The molecule has 0 fully saturated rings. The topological polar surface area (TPSA) is 492 Å². The van der Waals surface area contributed by atoms with Crippen molar-refractivity contribution in [2.75, 3.05) is 25.0 Å². The predicted octanol–water partition coefficient (Wildman–Crippen LogP) is 9.09. The second-order valence-electron chi connectivity index (χ2n) is 30.2.